The second-order valence-corrected chi connectivity index (χ2v) is 11.4. The predicted octanol–water partition coefficient (Wildman–Crippen LogP) is 4.23. The number of hydrogen-bond donors (Lipinski definition) is 3. The minimum atomic E-state index is -3.56. The van der Waals surface area contributed by atoms with Crippen molar-refractivity contribution in [1.82, 2.24) is 5.48 Å². The van der Waals surface area contributed by atoms with Crippen LogP contribution in [0.2, 0.25) is 0 Å². The molecule has 0 bridgehead atoms. The normalized spacial score (nSPS) is 20.2. The number of thiophene rings is 1. The number of carbonyl (C=O) groups is 2. The fourth-order valence-corrected chi connectivity index (χ4v) is 7.74. The second kappa shape index (κ2) is 9.93. The summed E-state index contributed by atoms with van der Waals surface area (Å²) in [7, 11) is -3.56. The molecule has 1 aromatic carbocycles. The summed E-state index contributed by atoms with van der Waals surface area (Å²) in [5, 5.41) is 11.9. The molecule has 0 radical (unpaired) electrons. The standard InChI is InChI=1S/C22H28N2O5S2/c1-2-3-9-20(25)23-17-8-6-7-16(14-17)18-10-11-19(30-18)22(15-21(26)24-27)12-4-5-13-31(22,28)29/h6-8,10-11,14,27H,2-5,9,12-13,15H2,1H3,(H,23,25)(H,24,26)/t22-/m0/s1. The maximum atomic E-state index is 13.1. The van der Waals surface area contributed by atoms with Gasteiger partial charge in [-0.1, -0.05) is 31.9 Å². The van der Waals surface area contributed by atoms with Crippen LogP contribution in [0.4, 0.5) is 5.69 Å². The van der Waals surface area contributed by atoms with E-state index in [0.29, 0.717) is 36.2 Å². The Morgan fingerprint density at radius 3 is 2.68 bits per heavy atom. The van der Waals surface area contributed by atoms with E-state index in [1.807, 2.05) is 37.3 Å². The van der Waals surface area contributed by atoms with E-state index in [1.165, 1.54) is 11.3 Å². The molecule has 0 aliphatic carbocycles. The third-order valence-corrected chi connectivity index (χ3v) is 9.71. The highest BCUT2D eigenvalue weighted by atomic mass is 32.2. The van der Waals surface area contributed by atoms with Crippen molar-refractivity contribution in [2.75, 3.05) is 11.1 Å². The molecule has 1 aromatic heterocycles. The van der Waals surface area contributed by atoms with Crippen molar-refractivity contribution in [2.45, 2.75) is 56.6 Å². The van der Waals surface area contributed by atoms with E-state index in [1.54, 1.807) is 11.5 Å². The predicted molar refractivity (Wildman–Crippen MR) is 122 cm³/mol. The van der Waals surface area contributed by atoms with Crippen LogP contribution in [0.5, 0.6) is 0 Å². The van der Waals surface area contributed by atoms with E-state index < -0.39 is 20.5 Å². The Kier molecular flexibility index (Phi) is 7.51. The summed E-state index contributed by atoms with van der Waals surface area (Å²) >= 11 is 1.33. The van der Waals surface area contributed by atoms with E-state index in [4.69, 9.17) is 5.21 Å². The summed E-state index contributed by atoms with van der Waals surface area (Å²) in [5.74, 6) is -0.719. The van der Waals surface area contributed by atoms with Gasteiger partial charge < -0.3 is 5.32 Å². The SMILES string of the molecule is CCCCC(=O)Nc1cccc(-c2ccc([C@@]3(CC(=O)NO)CCCCS3(=O)=O)s2)c1. The lowest BCUT2D eigenvalue weighted by Gasteiger charge is -2.35. The number of carbonyl (C=O) groups excluding carboxylic acids is 2. The largest absolute Gasteiger partial charge is 0.326 e. The maximum absolute atomic E-state index is 13.1. The van der Waals surface area contributed by atoms with E-state index in [9.17, 15) is 18.0 Å². The van der Waals surface area contributed by atoms with E-state index in [2.05, 4.69) is 5.32 Å². The first kappa shape index (κ1) is 23.4. The van der Waals surface area contributed by atoms with Crippen LogP contribution in [-0.4, -0.2) is 31.2 Å². The second-order valence-electron chi connectivity index (χ2n) is 7.88. The molecule has 9 heteroatoms. The molecule has 168 valence electrons. The zero-order valence-corrected chi connectivity index (χ0v) is 19.2. The highest BCUT2D eigenvalue weighted by Crippen LogP contribution is 2.47. The number of amides is 2. The topological polar surface area (TPSA) is 113 Å². The smallest absolute Gasteiger partial charge is 0.245 e. The average molecular weight is 465 g/mol. The first-order chi connectivity index (χ1) is 14.8. The van der Waals surface area contributed by atoms with Crippen LogP contribution < -0.4 is 10.8 Å². The fourth-order valence-electron chi connectivity index (χ4n) is 3.96. The van der Waals surface area contributed by atoms with Crippen LogP contribution in [0.15, 0.2) is 36.4 Å². The molecule has 0 spiro atoms. The molecule has 31 heavy (non-hydrogen) atoms. The molecule has 1 aliphatic heterocycles. The third kappa shape index (κ3) is 5.16. The molecule has 3 N–H and O–H groups in total. The van der Waals surface area contributed by atoms with Crippen LogP contribution in [-0.2, 0) is 24.2 Å². The summed E-state index contributed by atoms with van der Waals surface area (Å²) in [6, 6.07) is 11.0. The quantitative estimate of drug-likeness (QED) is 0.400. The van der Waals surface area contributed by atoms with Crippen LogP contribution in [0.3, 0.4) is 0 Å². The molecule has 7 nitrogen and oxygen atoms in total. The minimum absolute atomic E-state index is 0.0260. The van der Waals surface area contributed by atoms with Crippen molar-refractivity contribution in [3.63, 3.8) is 0 Å². The van der Waals surface area contributed by atoms with Gasteiger partial charge in [0.05, 0.1) is 12.2 Å². The molecular formula is C22H28N2O5S2. The van der Waals surface area contributed by atoms with Gasteiger partial charge in [0.2, 0.25) is 11.8 Å². The van der Waals surface area contributed by atoms with Crippen molar-refractivity contribution >= 4 is 38.7 Å². The lowest BCUT2D eigenvalue weighted by molar-refractivity contribution is -0.130. The van der Waals surface area contributed by atoms with Crippen molar-refractivity contribution in [3.05, 3.63) is 41.3 Å². The van der Waals surface area contributed by atoms with Gasteiger partial charge in [-0.05, 0) is 49.1 Å². The Morgan fingerprint density at radius 2 is 1.97 bits per heavy atom. The van der Waals surface area contributed by atoms with Crippen LogP contribution in [0, 0.1) is 0 Å². The molecule has 3 rings (SSSR count). The summed E-state index contributed by atoms with van der Waals surface area (Å²) in [5.41, 5.74) is 3.13. The molecule has 1 fully saturated rings. The summed E-state index contributed by atoms with van der Waals surface area (Å²) in [6.07, 6.45) is 3.56. The van der Waals surface area contributed by atoms with Crippen LogP contribution >= 0.6 is 11.3 Å². The zero-order chi connectivity index (χ0) is 22.5. The van der Waals surface area contributed by atoms with Gasteiger partial charge in [0, 0.05) is 21.9 Å². The molecule has 0 saturated carbocycles. The summed E-state index contributed by atoms with van der Waals surface area (Å²) in [4.78, 5) is 25.5. The van der Waals surface area contributed by atoms with Crippen molar-refractivity contribution in [1.29, 1.82) is 0 Å². The van der Waals surface area contributed by atoms with Gasteiger partial charge in [0.1, 0.15) is 4.75 Å². The molecular weight excluding hydrogens is 436 g/mol. The Balaban J connectivity index is 1.91. The number of rotatable bonds is 8. The number of hydrogen-bond acceptors (Lipinski definition) is 6. The number of unbranched alkanes of at least 4 members (excludes halogenated alkanes) is 1. The van der Waals surface area contributed by atoms with Crippen LogP contribution in [0.1, 0.15) is 56.7 Å². The number of anilines is 1. The van der Waals surface area contributed by atoms with Crippen molar-refractivity contribution in [2.24, 2.45) is 0 Å². The molecule has 2 amide bonds. The highest BCUT2D eigenvalue weighted by Gasteiger charge is 2.49. The number of benzene rings is 1. The zero-order valence-electron chi connectivity index (χ0n) is 17.5. The molecule has 2 heterocycles. The summed E-state index contributed by atoms with van der Waals surface area (Å²) < 4.78 is 24.8. The van der Waals surface area contributed by atoms with Gasteiger partial charge in [0.15, 0.2) is 9.84 Å². The molecule has 1 atom stereocenters. The Labute approximate surface area is 186 Å². The van der Waals surface area contributed by atoms with Gasteiger partial charge in [-0.25, -0.2) is 13.9 Å². The van der Waals surface area contributed by atoms with E-state index in [0.717, 1.165) is 23.3 Å². The number of hydroxylamine groups is 1. The molecule has 1 aliphatic rings. The van der Waals surface area contributed by atoms with Gasteiger partial charge in [-0.3, -0.25) is 14.8 Å². The van der Waals surface area contributed by atoms with Crippen molar-refractivity contribution < 1.29 is 23.2 Å². The molecule has 2 aromatic rings. The Hall–Kier alpha value is -2.23. The van der Waals surface area contributed by atoms with Gasteiger partial charge in [-0.2, -0.15) is 0 Å². The van der Waals surface area contributed by atoms with Gasteiger partial charge >= 0.3 is 0 Å². The first-order valence-electron chi connectivity index (χ1n) is 10.5. The van der Waals surface area contributed by atoms with Gasteiger partial charge in [0.25, 0.3) is 0 Å². The van der Waals surface area contributed by atoms with Crippen LogP contribution in [0.25, 0.3) is 10.4 Å². The van der Waals surface area contributed by atoms with Crippen molar-refractivity contribution in [3.8, 4) is 10.4 Å². The fraction of sp³-hybridized carbons (Fsp3) is 0.455. The Morgan fingerprint density at radius 1 is 1.16 bits per heavy atom. The average Bonchev–Trinajstić information content (AvgIpc) is 3.24. The minimum Gasteiger partial charge on any atom is -0.326 e. The monoisotopic (exact) mass is 464 g/mol. The maximum Gasteiger partial charge on any atom is 0.245 e. The van der Waals surface area contributed by atoms with E-state index in [-0.39, 0.29) is 18.1 Å². The third-order valence-electron chi connectivity index (χ3n) is 5.65. The number of nitrogens with one attached hydrogen (secondary N) is 2. The molecule has 0 unspecified atom stereocenters. The highest BCUT2D eigenvalue weighted by molar-refractivity contribution is 7.92. The lowest BCUT2D eigenvalue weighted by Crippen LogP contribution is -2.43. The number of sulfone groups is 1. The van der Waals surface area contributed by atoms with E-state index >= 15 is 0 Å². The van der Waals surface area contributed by atoms with Gasteiger partial charge in [-0.15, -0.1) is 11.3 Å². The Bertz CT molecular complexity index is 1050. The molecule has 1 saturated heterocycles. The first-order valence-corrected chi connectivity index (χ1v) is 12.9. The summed E-state index contributed by atoms with van der Waals surface area (Å²) in [6.45, 7) is 2.03. The lowest BCUT2D eigenvalue weighted by atomic mass is 9.94.